The quantitative estimate of drug-likeness (QED) is 0.863. The predicted octanol–water partition coefficient (Wildman–Crippen LogP) is 2.54. The summed E-state index contributed by atoms with van der Waals surface area (Å²) in [5.74, 6) is -3.14. The Morgan fingerprint density at radius 3 is 2.63 bits per heavy atom. The van der Waals surface area contributed by atoms with Crippen LogP contribution in [0, 0.1) is 17.5 Å². The van der Waals surface area contributed by atoms with E-state index in [2.05, 4.69) is 10.4 Å². The van der Waals surface area contributed by atoms with Crippen molar-refractivity contribution in [1.29, 1.82) is 0 Å². The smallest absolute Gasteiger partial charge is 0.161 e. The Labute approximate surface area is 108 Å². The average molecular weight is 267 g/mol. The van der Waals surface area contributed by atoms with E-state index in [-0.39, 0.29) is 5.69 Å². The third-order valence-electron chi connectivity index (χ3n) is 3.04. The number of nitrogens with one attached hydrogen (secondary N) is 1. The van der Waals surface area contributed by atoms with Crippen LogP contribution in [0.2, 0.25) is 0 Å². The van der Waals surface area contributed by atoms with Gasteiger partial charge in [0.25, 0.3) is 0 Å². The van der Waals surface area contributed by atoms with Gasteiger partial charge in [-0.3, -0.25) is 0 Å². The summed E-state index contributed by atoms with van der Waals surface area (Å²) in [6.45, 7) is 0.635. The van der Waals surface area contributed by atoms with Crippen LogP contribution in [0.4, 0.5) is 13.2 Å². The molecule has 0 aliphatic heterocycles. The zero-order valence-electron chi connectivity index (χ0n) is 10.0. The lowest BCUT2D eigenvalue weighted by Gasteiger charge is -2.04. The van der Waals surface area contributed by atoms with Gasteiger partial charge in [0.1, 0.15) is 5.69 Å². The molecule has 0 spiro atoms. The lowest BCUT2D eigenvalue weighted by Crippen LogP contribution is -2.14. The van der Waals surface area contributed by atoms with E-state index in [1.54, 1.807) is 12.4 Å². The van der Waals surface area contributed by atoms with Gasteiger partial charge in [-0.2, -0.15) is 5.10 Å². The van der Waals surface area contributed by atoms with Crippen LogP contribution < -0.4 is 5.32 Å². The molecule has 0 unspecified atom stereocenters. The first-order valence-electron chi connectivity index (χ1n) is 6.05. The highest BCUT2D eigenvalue weighted by molar-refractivity contribution is 5.34. The largest absolute Gasteiger partial charge is 0.310 e. The van der Waals surface area contributed by atoms with E-state index in [0.29, 0.717) is 18.7 Å². The normalized spacial score (nSPS) is 14.9. The first kappa shape index (κ1) is 12.2. The van der Waals surface area contributed by atoms with Gasteiger partial charge in [0.15, 0.2) is 17.5 Å². The summed E-state index contributed by atoms with van der Waals surface area (Å²) >= 11 is 0. The Morgan fingerprint density at radius 1 is 1.16 bits per heavy atom. The molecule has 1 aromatic heterocycles. The summed E-state index contributed by atoms with van der Waals surface area (Å²) in [6.07, 6.45) is 5.53. The number of benzene rings is 1. The zero-order chi connectivity index (χ0) is 13.4. The molecule has 3 rings (SSSR count). The number of rotatable bonds is 4. The van der Waals surface area contributed by atoms with Crippen LogP contribution >= 0.6 is 0 Å². The predicted molar refractivity (Wildman–Crippen MR) is 63.3 cm³/mol. The molecule has 0 bridgehead atoms. The van der Waals surface area contributed by atoms with E-state index in [1.807, 2.05) is 0 Å². The summed E-state index contributed by atoms with van der Waals surface area (Å²) in [4.78, 5) is 0. The number of hydrogen-bond acceptors (Lipinski definition) is 2. The number of nitrogens with zero attached hydrogens (tertiary/aromatic N) is 2. The maximum Gasteiger partial charge on any atom is 0.161 e. The second-order valence-corrected chi connectivity index (χ2v) is 4.67. The van der Waals surface area contributed by atoms with Gasteiger partial charge in [-0.25, -0.2) is 17.9 Å². The molecule has 3 nitrogen and oxygen atoms in total. The van der Waals surface area contributed by atoms with Gasteiger partial charge in [0.2, 0.25) is 0 Å². The Hall–Kier alpha value is -1.82. The Morgan fingerprint density at radius 2 is 1.89 bits per heavy atom. The minimum atomic E-state index is -1.20. The molecule has 6 heteroatoms. The van der Waals surface area contributed by atoms with Crippen LogP contribution in [0.3, 0.4) is 0 Å². The first-order valence-corrected chi connectivity index (χ1v) is 6.05. The lowest BCUT2D eigenvalue weighted by atomic mass is 10.3. The SMILES string of the molecule is Fc1cc(F)c(-n2cc(CNC3CC3)cn2)cc1F. The molecule has 0 radical (unpaired) electrons. The fraction of sp³-hybridized carbons (Fsp3) is 0.308. The fourth-order valence-electron chi connectivity index (χ4n) is 1.82. The molecule has 1 saturated carbocycles. The minimum Gasteiger partial charge on any atom is -0.310 e. The van der Waals surface area contributed by atoms with Crippen molar-refractivity contribution in [3.8, 4) is 5.69 Å². The molecule has 0 atom stereocenters. The van der Waals surface area contributed by atoms with Crippen LogP contribution in [0.5, 0.6) is 0 Å². The standard InChI is InChI=1S/C13H12F3N3/c14-10-3-12(16)13(4-11(10)15)19-7-8(6-18-19)5-17-9-1-2-9/h3-4,6-7,9,17H,1-2,5H2. The van der Waals surface area contributed by atoms with Gasteiger partial charge in [0, 0.05) is 36.5 Å². The molecule has 2 aromatic rings. The average Bonchev–Trinajstić information content (AvgIpc) is 3.09. The third-order valence-corrected chi connectivity index (χ3v) is 3.04. The van der Waals surface area contributed by atoms with Crippen molar-refractivity contribution in [2.75, 3.05) is 0 Å². The fourth-order valence-corrected chi connectivity index (χ4v) is 1.82. The molecule has 0 amide bonds. The van der Waals surface area contributed by atoms with Crippen LogP contribution in [0.1, 0.15) is 18.4 Å². The highest BCUT2D eigenvalue weighted by Gasteiger charge is 2.20. The second kappa shape index (κ2) is 4.70. The van der Waals surface area contributed by atoms with E-state index in [0.717, 1.165) is 11.6 Å². The van der Waals surface area contributed by atoms with E-state index in [9.17, 15) is 13.2 Å². The van der Waals surface area contributed by atoms with Crippen LogP contribution in [-0.4, -0.2) is 15.8 Å². The van der Waals surface area contributed by atoms with Crippen LogP contribution in [0.15, 0.2) is 24.5 Å². The van der Waals surface area contributed by atoms with Crippen molar-refractivity contribution in [3.63, 3.8) is 0 Å². The maximum atomic E-state index is 13.6. The summed E-state index contributed by atoms with van der Waals surface area (Å²) in [7, 11) is 0. The van der Waals surface area contributed by atoms with E-state index >= 15 is 0 Å². The minimum absolute atomic E-state index is 0.100. The molecule has 1 aromatic carbocycles. The molecule has 1 fully saturated rings. The van der Waals surface area contributed by atoms with Gasteiger partial charge >= 0.3 is 0 Å². The van der Waals surface area contributed by atoms with E-state index in [1.165, 1.54) is 17.5 Å². The topological polar surface area (TPSA) is 29.9 Å². The summed E-state index contributed by atoms with van der Waals surface area (Å²) in [5, 5.41) is 7.26. The molecule has 100 valence electrons. The lowest BCUT2D eigenvalue weighted by molar-refractivity contribution is 0.491. The van der Waals surface area contributed by atoms with Crippen molar-refractivity contribution in [2.24, 2.45) is 0 Å². The number of hydrogen-bond donors (Lipinski definition) is 1. The zero-order valence-corrected chi connectivity index (χ0v) is 10.0. The monoisotopic (exact) mass is 267 g/mol. The highest BCUT2D eigenvalue weighted by atomic mass is 19.2. The van der Waals surface area contributed by atoms with Crippen molar-refractivity contribution in [1.82, 2.24) is 15.1 Å². The van der Waals surface area contributed by atoms with Gasteiger partial charge < -0.3 is 5.32 Å². The van der Waals surface area contributed by atoms with Gasteiger partial charge in [0.05, 0.1) is 6.20 Å². The van der Waals surface area contributed by atoms with Crippen LogP contribution in [0.25, 0.3) is 5.69 Å². The Balaban J connectivity index is 1.83. The Bertz CT molecular complexity index is 605. The number of aromatic nitrogens is 2. The molecule has 0 saturated heterocycles. The van der Waals surface area contributed by atoms with Crippen molar-refractivity contribution >= 4 is 0 Å². The van der Waals surface area contributed by atoms with Gasteiger partial charge in [-0.1, -0.05) is 0 Å². The maximum absolute atomic E-state index is 13.6. The molecular weight excluding hydrogens is 255 g/mol. The van der Waals surface area contributed by atoms with Gasteiger partial charge in [-0.15, -0.1) is 0 Å². The summed E-state index contributed by atoms with van der Waals surface area (Å²) < 4.78 is 40.7. The van der Waals surface area contributed by atoms with Crippen LogP contribution in [-0.2, 0) is 6.54 Å². The second-order valence-electron chi connectivity index (χ2n) is 4.67. The number of halogens is 3. The molecule has 1 N–H and O–H groups in total. The Kier molecular flexibility index (Phi) is 3.02. The highest BCUT2D eigenvalue weighted by Crippen LogP contribution is 2.20. The van der Waals surface area contributed by atoms with Crippen molar-refractivity contribution < 1.29 is 13.2 Å². The summed E-state index contributed by atoms with van der Waals surface area (Å²) in [5.41, 5.74) is 0.771. The van der Waals surface area contributed by atoms with E-state index in [4.69, 9.17) is 0 Å². The third kappa shape index (κ3) is 2.63. The summed E-state index contributed by atoms with van der Waals surface area (Å²) in [6, 6.07) is 1.88. The van der Waals surface area contributed by atoms with E-state index < -0.39 is 17.5 Å². The first-order chi connectivity index (χ1) is 9.13. The van der Waals surface area contributed by atoms with Crippen molar-refractivity contribution in [2.45, 2.75) is 25.4 Å². The molecule has 1 heterocycles. The molecule has 1 aliphatic rings. The van der Waals surface area contributed by atoms with Gasteiger partial charge in [-0.05, 0) is 12.8 Å². The molecule has 1 aliphatic carbocycles. The molecule has 19 heavy (non-hydrogen) atoms. The molecular formula is C13H12F3N3. The van der Waals surface area contributed by atoms with Crippen molar-refractivity contribution in [3.05, 3.63) is 47.5 Å².